The standard InChI is InChI=1S/C12H17NO2Si/c1-14-12(11-7-5-9-15-11)13-8-6-10-16(2,3)4/h5,7,9H,8H2,1-4H3. The van der Waals surface area contributed by atoms with Gasteiger partial charge in [-0.3, -0.25) is 0 Å². The Morgan fingerprint density at radius 2 is 2.25 bits per heavy atom. The van der Waals surface area contributed by atoms with E-state index in [-0.39, 0.29) is 0 Å². The summed E-state index contributed by atoms with van der Waals surface area (Å²) in [5.74, 6) is 4.19. The van der Waals surface area contributed by atoms with E-state index in [1.807, 2.05) is 6.07 Å². The predicted octanol–water partition coefficient (Wildman–Crippen LogP) is 2.55. The van der Waals surface area contributed by atoms with Gasteiger partial charge in [-0.25, -0.2) is 4.99 Å². The van der Waals surface area contributed by atoms with Crippen LogP contribution in [-0.2, 0) is 4.74 Å². The van der Waals surface area contributed by atoms with E-state index >= 15 is 0 Å². The molecule has 0 amide bonds. The number of hydrogen-bond acceptors (Lipinski definition) is 3. The van der Waals surface area contributed by atoms with Gasteiger partial charge in [0.2, 0.25) is 0 Å². The van der Waals surface area contributed by atoms with Gasteiger partial charge in [-0.2, -0.15) is 0 Å². The van der Waals surface area contributed by atoms with Gasteiger partial charge in [-0.15, -0.1) is 5.54 Å². The number of hydrogen-bond donors (Lipinski definition) is 0. The van der Waals surface area contributed by atoms with Crippen molar-refractivity contribution in [3.05, 3.63) is 24.2 Å². The zero-order chi connectivity index (χ0) is 12.0. The topological polar surface area (TPSA) is 34.7 Å². The molecule has 0 fully saturated rings. The molecule has 0 spiro atoms. The van der Waals surface area contributed by atoms with Crippen LogP contribution in [0.5, 0.6) is 0 Å². The molecule has 0 aromatic carbocycles. The second-order valence-corrected chi connectivity index (χ2v) is 9.10. The number of methoxy groups -OCH3 is 1. The highest BCUT2D eigenvalue weighted by molar-refractivity contribution is 6.83. The average molecular weight is 235 g/mol. The van der Waals surface area contributed by atoms with Gasteiger partial charge in [-0.05, 0) is 12.1 Å². The Hall–Kier alpha value is -1.47. The van der Waals surface area contributed by atoms with Crippen LogP contribution in [0.2, 0.25) is 19.6 Å². The summed E-state index contributed by atoms with van der Waals surface area (Å²) in [6.45, 7) is 7.06. The van der Waals surface area contributed by atoms with Crippen molar-refractivity contribution in [2.24, 2.45) is 4.99 Å². The molecule has 1 rings (SSSR count). The Morgan fingerprint density at radius 3 is 2.75 bits per heavy atom. The van der Waals surface area contributed by atoms with E-state index in [9.17, 15) is 0 Å². The number of ether oxygens (including phenoxy) is 1. The summed E-state index contributed by atoms with van der Waals surface area (Å²) in [5, 5.41) is 0. The van der Waals surface area contributed by atoms with Crippen LogP contribution < -0.4 is 0 Å². The van der Waals surface area contributed by atoms with Gasteiger partial charge in [0.15, 0.2) is 5.76 Å². The highest BCUT2D eigenvalue weighted by Crippen LogP contribution is 2.03. The van der Waals surface area contributed by atoms with E-state index in [0.29, 0.717) is 18.2 Å². The molecule has 86 valence electrons. The van der Waals surface area contributed by atoms with Crippen molar-refractivity contribution in [1.82, 2.24) is 0 Å². The van der Waals surface area contributed by atoms with Gasteiger partial charge in [0.05, 0.1) is 13.4 Å². The fourth-order valence-electron chi connectivity index (χ4n) is 1.06. The van der Waals surface area contributed by atoms with Gasteiger partial charge in [0, 0.05) is 0 Å². The Labute approximate surface area is 97.5 Å². The van der Waals surface area contributed by atoms with Crippen molar-refractivity contribution in [2.45, 2.75) is 19.6 Å². The molecule has 0 aliphatic carbocycles. The summed E-state index contributed by atoms with van der Waals surface area (Å²) in [6, 6.07) is 3.62. The molecule has 16 heavy (non-hydrogen) atoms. The lowest BCUT2D eigenvalue weighted by atomic mass is 10.4. The smallest absolute Gasteiger partial charge is 0.253 e. The van der Waals surface area contributed by atoms with E-state index in [0.717, 1.165) is 0 Å². The van der Waals surface area contributed by atoms with Crippen LogP contribution in [0.4, 0.5) is 0 Å². The maximum atomic E-state index is 5.19. The van der Waals surface area contributed by atoms with Crippen molar-refractivity contribution in [3.63, 3.8) is 0 Å². The Balaban J connectivity index is 2.64. The largest absolute Gasteiger partial charge is 0.479 e. The molecule has 0 aliphatic heterocycles. The molecule has 0 saturated carbocycles. The van der Waals surface area contributed by atoms with Crippen LogP contribution in [0.3, 0.4) is 0 Å². The van der Waals surface area contributed by atoms with Gasteiger partial charge >= 0.3 is 0 Å². The van der Waals surface area contributed by atoms with Gasteiger partial charge in [0.1, 0.15) is 14.6 Å². The maximum Gasteiger partial charge on any atom is 0.253 e. The van der Waals surface area contributed by atoms with E-state index in [4.69, 9.17) is 9.15 Å². The minimum Gasteiger partial charge on any atom is -0.479 e. The van der Waals surface area contributed by atoms with E-state index in [2.05, 4.69) is 36.1 Å². The molecule has 4 heteroatoms. The quantitative estimate of drug-likeness (QED) is 0.342. The van der Waals surface area contributed by atoms with Crippen molar-refractivity contribution < 1.29 is 9.15 Å². The van der Waals surface area contributed by atoms with Crippen molar-refractivity contribution >= 4 is 14.0 Å². The summed E-state index contributed by atoms with van der Waals surface area (Å²) < 4.78 is 10.3. The third-order valence-corrected chi connectivity index (χ3v) is 2.62. The molecular weight excluding hydrogens is 218 g/mol. The predicted molar refractivity (Wildman–Crippen MR) is 68.2 cm³/mol. The van der Waals surface area contributed by atoms with Gasteiger partial charge < -0.3 is 9.15 Å². The molecule has 0 bridgehead atoms. The SMILES string of the molecule is COC(=NCC#C[Si](C)(C)C)c1ccco1. The summed E-state index contributed by atoms with van der Waals surface area (Å²) in [7, 11) is 0.276. The second kappa shape index (κ2) is 5.57. The number of nitrogens with zero attached hydrogens (tertiary/aromatic N) is 1. The van der Waals surface area contributed by atoms with Crippen LogP contribution in [-0.4, -0.2) is 27.6 Å². The number of aliphatic imine (C=N–C) groups is 1. The fourth-order valence-corrected chi connectivity index (χ4v) is 1.67. The van der Waals surface area contributed by atoms with Crippen LogP contribution in [0.25, 0.3) is 0 Å². The van der Waals surface area contributed by atoms with E-state index < -0.39 is 8.07 Å². The minimum atomic E-state index is -1.30. The molecule has 0 radical (unpaired) electrons. The number of furan rings is 1. The zero-order valence-electron chi connectivity index (χ0n) is 10.2. The Morgan fingerprint density at radius 1 is 1.50 bits per heavy atom. The molecule has 3 nitrogen and oxygen atoms in total. The van der Waals surface area contributed by atoms with Crippen molar-refractivity contribution in [1.29, 1.82) is 0 Å². The van der Waals surface area contributed by atoms with Gasteiger partial charge in [0.25, 0.3) is 5.90 Å². The van der Waals surface area contributed by atoms with Crippen molar-refractivity contribution in [2.75, 3.05) is 13.7 Å². The molecular formula is C12H17NO2Si. The average Bonchev–Trinajstić information content (AvgIpc) is 2.69. The monoisotopic (exact) mass is 235 g/mol. The van der Waals surface area contributed by atoms with Crippen LogP contribution in [0.1, 0.15) is 5.76 Å². The van der Waals surface area contributed by atoms with Crippen molar-refractivity contribution in [3.8, 4) is 11.5 Å². The summed E-state index contributed by atoms with van der Waals surface area (Å²) >= 11 is 0. The zero-order valence-corrected chi connectivity index (χ0v) is 11.2. The molecule has 0 aliphatic rings. The first kappa shape index (κ1) is 12.6. The van der Waals surface area contributed by atoms with E-state index in [1.165, 1.54) is 0 Å². The Bertz CT molecular complexity index is 404. The first-order valence-corrected chi connectivity index (χ1v) is 8.65. The third kappa shape index (κ3) is 4.37. The third-order valence-electron chi connectivity index (χ3n) is 1.69. The molecule has 1 aromatic heterocycles. The maximum absolute atomic E-state index is 5.19. The fraction of sp³-hybridized carbons (Fsp3) is 0.417. The number of rotatable bonds is 2. The lowest BCUT2D eigenvalue weighted by Gasteiger charge is -2.03. The molecule has 1 aromatic rings. The highest BCUT2D eigenvalue weighted by Gasteiger charge is 2.07. The summed E-state index contributed by atoms with van der Waals surface area (Å²) in [6.07, 6.45) is 1.59. The molecule has 1 heterocycles. The molecule has 0 unspecified atom stereocenters. The second-order valence-electron chi connectivity index (χ2n) is 4.35. The highest BCUT2D eigenvalue weighted by atomic mass is 28.3. The minimum absolute atomic E-state index is 0.453. The molecule has 0 saturated heterocycles. The summed E-state index contributed by atoms with van der Waals surface area (Å²) in [5.41, 5.74) is 3.24. The van der Waals surface area contributed by atoms with Gasteiger partial charge in [-0.1, -0.05) is 25.6 Å². The van der Waals surface area contributed by atoms with E-state index in [1.54, 1.807) is 19.4 Å². The molecule has 0 N–H and O–H groups in total. The normalized spacial score (nSPS) is 11.9. The van der Waals surface area contributed by atoms with Crippen LogP contribution >= 0.6 is 0 Å². The van der Waals surface area contributed by atoms with Crippen LogP contribution in [0.15, 0.2) is 27.8 Å². The molecule has 0 atom stereocenters. The first-order valence-electron chi connectivity index (χ1n) is 5.15. The van der Waals surface area contributed by atoms with Crippen LogP contribution in [0, 0.1) is 11.5 Å². The Kier molecular flexibility index (Phi) is 4.38. The lowest BCUT2D eigenvalue weighted by Crippen LogP contribution is -2.16. The lowest BCUT2D eigenvalue weighted by molar-refractivity contribution is 0.386. The summed E-state index contributed by atoms with van der Waals surface area (Å²) in [4.78, 5) is 4.24. The first-order chi connectivity index (χ1) is 7.53.